The average molecular weight is 272 g/mol. The number of allylic oxidation sites excluding steroid dienone is 1. The molecule has 0 aromatic carbocycles. The first kappa shape index (κ1) is 13.6. The van der Waals surface area contributed by atoms with E-state index < -0.39 is 16.6 Å². The first-order valence-electron chi connectivity index (χ1n) is 7.97. The summed E-state index contributed by atoms with van der Waals surface area (Å²) in [5, 5.41) is 10.5. The predicted molar refractivity (Wildman–Crippen MR) is 81.0 cm³/mol. The molecule has 0 bridgehead atoms. The van der Waals surface area contributed by atoms with E-state index in [1.807, 2.05) is 20.8 Å². The van der Waals surface area contributed by atoms with Gasteiger partial charge in [-0.05, 0) is 40.0 Å². The van der Waals surface area contributed by atoms with E-state index in [0.29, 0.717) is 0 Å². The molecule has 1 aliphatic carbocycles. The summed E-state index contributed by atoms with van der Waals surface area (Å²) in [5.74, 6) is 0. The van der Waals surface area contributed by atoms with Gasteiger partial charge in [0.1, 0.15) is 0 Å². The second-order valence-corrected chi connectivity index (χ2v) is 8.17. The van der Waals surface area contributed by atoms with Gasteiger partial charge in [-0.1, -0.05) is 45.8 Å². The highest BCUT2D eigenvalue weighted by atomic mass is 16.3. The third-order valence-corrected chi connectivity index (χ3v) is 7.16. The van der Waals surface area contributed by atoms with Gasteiger partial charge in [-0.3, -0.25) is 0 Å². The van der Waals surface area contributed by atoms with E-state index in [1.54, 1.807) is 0 Å². The normalized spacial score (nSPS) is 39.9. The lowest BCUT2D eigenvalue weighted by Crippen LogP contribution is -2.69. The van der Waals surface area contributed by atoms with Crippen LogP contribution in [0.5, 0.6) is 0 Å². The summed E-state index contributed by atoms with van der Waals surface area (Å²) < 4.78 is 15.4. The molecule has 0 saturated heterocycles. The summed E-state index contributed by atoms with van der Waals surface area (Å²) in [6.07, 6.45) is 0. The van der Waals surface area contributed by atoms with Crippen molar-refractivity contribution in [2.75, 3.05) is 0 Å². The van der Waals surface area contributed by atoms with Crippen LogP contribution in [0.2, 0.25) is 0 Å². The molecule has 0 aliphatic heterocycles. The van der Waals surface area contributed by atoms with E-state index in [0.717, 1.165) is 5.57 Å². The van der Waals surface area contributed by atoms with Crippen LogP contribution in [0, 0.1) is 16.2 Å². The minimum absolute atomic E-state index is 0.121. The van der Waals surface area contributed by atoms with Crippen LogP contribution in [-0.2, 0) is 0 Å². The van der Waals surface area contributed by atoms with Crippen molar-refractivity contribution >= 4 is 0 Å². The van der Waals surface area contributed by atoms with Crippen molar-refractivity contribution in [3.8, 4) is 0 Å². The fourth-order valence-electron chi connectivity index (χ4n) is 3.92. The van der Waals surface area contributed by atoms with Gasteiger partial charge in [0.25, 0.3) is 0 Å². The van der Waals surface area contributed by atoms with Crippen LogP contribution in [-0.4, -0.2) is 24.3 Å². The zero-order valence-corrected chi connectivity index (χ0v) is 14.3. The van der Waals surface area contributed by atoms with Crippen LogP contribution >= 0.6 is 0 Å². The van der Waals surface area contributed by atoms with E-state index >= 15 is 0 Å². The molecule has 0 spiro atoms. The first-order chi connectivity index (χ1) is 9.19. The summed E-state index contributed by atoms with van der Waals surface area (Å²) in [5.41, 5.74) is -0.152. The highest BCUT2D eigenvalue weighted by molar-refractivity contribution is 5.38. The van der Waals surface area contributed by atoms with Crippen molar-refractivity contribution in [3.63, 3.8) is 0 Å². The summed E-state index contributed by atoms with van der Waals surface area (Å²) in [6, 6.07) is 0. The smallest absolute Gasteiger partial charge is 0.211 e. The summed E-state index contributed by atoms with van der Waals surface area (Å²) in [7, 11) is 0. The standard InChI is InChI=1S/C17H32O2/c1-11-12(2)16(9,15(7,8)18)17(10,19)14(5,6)13(11,3)4/h18-19H,1-10H3/i18T,19T. The molecule has 0 aromatic heterocycles. The van der Waals surface area contributed by atoms with Crippen LogP contribution in [0.3, 0.4) is 0 Å². The predicted octanol–water partition coefficient (Wildman–Crippen LogP) is 3.92. The van der Waals surface area contributed by atoms with Crippen LogP contribution < -0.4 is 0 Å². The van der Waals surface area contributed by atoms with Gasteiger partial charge in [-0.25, -0.2) is 0 Å². The highest BCUT2D eigenvalue weighted by Gasteiger charge is 2.67. The van der Waals surface area contributed by atoms with Crippen LogP contribution in [0.15, 0.2) is 11.1 Å². The van der Waals surface area contributed by atoms with Gasteiger partial charge in [-0.15, -0.1) is 0 Å². The molecule has 19 heavy (non-hydrogen) atoms. The van der Waals surface area contributed by atoms with E-state index in [-0.39, 0.29) is 10.8 Å². The minimum Gasteiger partial charge on any atom is -0.389 e. The minimum atomic E-state index is -0.794. The Morgan fingerprint density at radius 3 is 1.79 bits per heavy atom. The average Bonchev–Trinajstić information content (AvgIpc) is 2.41. The Labute approximate surface area is 121 Å². The third kappa shape index (κ3) is 1.62. The fraction of sp³-hybridized carbons (Fsp3) is 0.882. The Bertz CT molecular complexity index is 465. The lowest BCUT2D eigenvalue weighted by molar-refractivity contribution is -0.228. The monoisotopic (exact) mass is 272 g/mol. The molecule has 0 saturated carbocycles. The number of hydrogen-bond acceptors (Lipinski definition) is 2. The SMILES string of the molecule is [3H]OC(C)(C)C1(C)C(C)=C(C)C(C)(C)C(C)(C)C1(C)O[3H]. The Morgan fingerprint density at radius 1 is 0.947 bits per heavy atom. The maximum Gasteiger partial charge on any atom is 0.211 e. The molecule has 1 aliphatic rings. The summed E-state index contributed by atoms with van der Waals surface area (Å²) in [4.78, 5) is 0. The molecule has 2 unspecified atom stereocenters. The van der Waals surface area contributed by atoms with Crippen molar-refractivity contribution < 1.29 is 10.2 Å². The molecule has 2 N–H and O–H groups in total. The second kappa shape index (κ2) is 3.85. The maximum absolute atomic E-state index is 7.85. The van der Waals surface area contributed by atoms with Crippen molar-refractivity contribution in [1.29, 1.82) is 2.86 Å². The zero-order valence-electron chi connectivity index (χ0n) is 16.3. The maximum atomic E-state index is 7.85. The second-order valence-electron chi connectivity index (χ2n) is 8.17. The topological polar surface area (TPSA) is 40.5 Å². The van der Waals surface area contributed by atoms with Gasteiger partial charge in [0.2, 0.25) is 2.86 Å². The largest absolute Gasteiger partial charge is 0.389 e. The number of aliphatic hydroxyl groups is 2. The summed E-state index contributed by atoms with van der Waals surface area (Å²) >= 11 is 0. The van der Waals surface area contributed by atoms with Gasteiger partial charge >= 0.3 is 0 Å². The van der Waals surface area contributed by atoms with Crippen LogP contribution in [0.1, 0.15) is 69.2 Å². The lowest BCUT2D eigenvalue weighted by Gasteiger charge is -2.66. The van der Waals surface area contributed by atoms with Gasteiger partial charge in [0.05, 0.1) is 11.2 Å². The first-order valence-corrected chi connectivity index (χ1v) is 7.16. The molecule has 0 heterocycles. The third-order valence-electron chi connectivity index (χ3n) is 7.16. The van der Waals surface area contributed by atoms with Crippen LogP contribution in [0.4, 0.5) is 0 Å². The highest BCUT2D eigenvalue weighted by Crippen LogP contribution is 2.66. The molecule has 2 atom stereocenters. The Balaban J connectivity index is 3.91. The van der Waals surface area contributed by atoms with Gasteiger partial charge in [0.15, 0.2) is 0 Å². The lowest BCUT2D eigenvalue weighted by atomic mass is 9.41. The molecule has 112 valence electrons. The van der Waals surface area contributed by atoms with Crippen molar-refractivity contribution in [2.24, 2.45) is 16.2 Å². The molecule has 2 nitrogen and oxygen atoms in total. The van der Waals surface area contributed by atoms with E-state index in [1.165, 1.54) is 5.57 Å². The Hall–Kier alpha value is -0.340. The van der Waals surface area contributed by atoms with Crippen molar-refractivity contribution in [1.82, 2.24) is 0 Å². The Kier molecular flexibility index (Phi) is 2.77. The molecule has 0 radical (unpaired) electrons. The molecular formula is C17H32O2. The summed E-state index contributed by atoms with van der Waals surface area (Å²) in [6.45, 7) is 20.8. The van der Waals surface area contributed by atoms with E-state index in [9.17, 15) is 0 Å². The van der Waals surface area contributed by atoms with Gasteiger partial charge in [-0.2, -0.15) is 0 Å². The van der Waals surface area contributed by atoms with Crippen molar-refractivity contribution in [2.45, 2.75) is 80.4 Å². The molecule has 0 amide bonds. The van der Waals surface area contributed by atoms with Gasteiger partial charge < -0.3 is 10.2 Å². The zero-order chi connectivity index (χ0) is 17.1. The fourth-order valence-corrected chi connectivity index (χ4v) is 3.92. The van der Waals surface area contributed by atoms with E-state index in [2.05, 4.69) is 48.5 Å². The quantitative estimate of drug-likeness (QED) is 0.765. The molecule has 2 heteroatoms. The van der Waals surface area contributed by atoms with Crippen LogP contribution in [0.25, 0.3) is 0 Å². The van der Waals surface area contributed by atoms with E-state index in [4.69, 9.17) is 13.1 Å². The molecule has 1 rings (SSSR count). The number of hydrogen-bond donors (Lipinski definition) is 2. The Morgan fingerprint density at radius 2 is 1.42 bits per heavy atom. The molecular weight excluding hydrogens is 236 g/mol. The van der Waals surface area contributed by atoms with Gasteiger partial charge in [0, 0.05) is 10.8 Å². The van der Waals surface area contributed by atoms with Crippen molar-refractivity contribution in [3.05, 3.63) is 11.1 Å². The molecule has 0 aromatic rings. The molecule has 0 fully saturated rings. The number of rotatable bonds is 3.